The molecule has 1 aliphatic heterocycles. The van der Waals surface area contributed by atoms with Crippen molar-refractivity contribution in [3.63, 3.8) is 0 Å². The number of anilines is 1. The molecule has 0 saturated carbocycles. The number of carbonyl (C=O) groups excluding carboxylic acids is 1. The Hall–Kier alpha value is -3.38. The fourth-order valence-corrected chi connectivity index (χ4v) is 5.32. The highest BCUT2D eigenvalue weighted by Crippen LogP contribution is 2.35. The minimum absolute atomic E-state index is 0.160. The first-order valence-corrected chi connectivity index (χ1v) is 11.6. The lowest BCUT2D eigenvalue weighted by atomic mass is 9.90. The summed E-state index contributed by atoms with van der Waals surface area (Å²) in [7, 11) is 1.67. The number of hydrogen-bond acceptors (Lipinski definition) is 5. The van der Waals surface area contributed by atoms with Crippen molar-refractivity contribution < 1.29 is 9.53 Å². The number of piperazine rings is 1. The molecule has 1 aromatic heterocycles. The average molecular weight is 444 g/mol. The van der Waals surface area contributed by atoms with Crippen molar-refractivity contribution in [1.29, 1.82) is 0 Å². The Morgan fingerprint density at radius 1 is 0.875 bits per heavy atom. The molecule has 2 heterocycles. The Balaban J connectivity index is 1.34. The molecule has 0 unspecified atom stereocenters. The maximum atomic E-state index is 13.6. The van der Waals surface area contributed by atoms with Gasteiger partial charge >= 0.3 is 0 Å². The molecule has 0 radical (unpaired) electrons. The van der Waals surface area contributed by atoms with E-state index in [0.29, 0.717) is 13.1 Å². The normalized spacial score (nSPS) is 14.2. The number of nitrogens with zero attached hydrogens (tertiary/aromatic N) is 3. The third-order valence-electron chi connectivity index (χ3n) is 5.97. The monoisotopic (exact) mass is 443 g/mol. The molecule has 3 aromatic carbocycles. The maximum absolute atomic E-state index is 13.6. The Labute approximate surface area is 191 Å². The van der Waals surface area contributed by atoms with E-state index in [2.05, 4.69) is 11.0 Å². The quantitative estimate of drug-likeness (QED) is 0.445. The molecular weight excluding hydrogens is 418 g/mol. The lowest BCUT2D eigenvalue weighted by Gasteiger charge is -2.36. The van der Waals surface area contributed by atoms with Gasteiger partial charge in [-0.15, -0.1) is 0 Å². The van der Waals surface area contributed by atoms with Gasteiger partial charge in [-0.05, 0) is 23.3 Å². The topological polar surface area (TPSA) is 45.7 Å². The van der Waals surface area contributed by atoms with Gasteiger partial charge in [-0.1, -0.05) is 78.1 Å². The zero-order valence-electron chi connectivity index (χ0n) is 18.0. The van der Waals surface area contributed by atoms with Gasteiger partial charge in [-0.25, -0.2) is 4.98 Å². The van der Waals surface area contributed by atoms with E-state index in [1.54, 1.807) is 18.4 Å². The summed E-state index contributed by atoms with van der Waals surface area (Å²) in [4.78, 5) is 22.7. The number of aromatic nitrogens is 1. The summed E-state index contributed by atoms with van der Waals surface area (Å²) >= 11 is 1.67. The Kier molecular flexibility index (Phi) is 5.77. The van der Waals surface area contributed by atoms with Gasteiger partial charge in [-0.2, -0.15) is 0 Å². The number of amides is 1. The number of fused-ring (bicyclic) bond motifs is 1. The van der Waals surface area contributed by atoms with Gasteiger partial charge in [0, 0.05) is 26.2 Å². The molecule has 5 rings (SSSR count). The zero-order chi connectivity index (χ0) is 21.9. The van der Waals surface area contributed by atoms with Crippen molar-refractivity contribution in [2.24, 2.45) is 0 Å². The van der Waals surface area contributed by atoms with Gasteiger partial charge in [0.15, 0.2) is 5.13 Å². The lowest BCUT2D eigenvalue weighted by molar-refractivity contribution is -0.132. The van der Waals surface area contributed by atoms with E-state index >= 15 is 0 Å². The van der Waals surface area contributed by atoms with Gasteiger partial charge in [0.25, 0.3) is 0 Å². The summed E-state index contributed by atoms with van der Waals surface area (Å²) in [6.45, 7) is 2.90. The molecule has 1 saturated heterocycles. The first-order chi connectivity index (χ1) is 15.7. The van der Waals surface area contributed by atoms with E-state index in [4.69, 9.17) is 9.72 Å². The average Bonchev–Trinajstić information content (AvgIpc) is 3.30. The molecule has 4 aromatic rings. The molecule has 0 atom stereocenters. The maximum Gasteiger partial charge on any atom is 0.234 e. The first kappa shape index (κ1) is 20.5. The van der Waals surface area contributed by atoms with Crippen LogP contribution >= 0.6 is 11.3 Å². The largest absolute Gasteiger partial charge is 0.494 e. The number of para-hydroxylation sites is 1. The minimum Gasteiger partial charge on any atom is -0.494 e. The number of ether oxygens (including phenoxy) is 1. The number of methoxy groups -OCH3 is 1. The molecule has 1 aliphatic rings. The van der Waals surface area contributed by atoms with Crippen molar-refractivity contribution in [3.8, 4) is 5.75 Å². The van der Waals surface area contributed by atoms with Crippen LogP contribution < -0.4 is 9.64 Å². The third kappa shape index (κ3) is 3.94. The van der Waals surface area contributed by atoms with Crippen LogP contribution in [0.5, 0.6) is 5.75 Å². The number of thiazole rings is 1. The van der Waals surface area contributed by atoms with E-state index in [0.717, 1.165) is 45.3 Å². The molecular formula is C26H25N3O2S. The first-order valence-electron chi connectivity index (χ1n) is 10.8. The van der Waals surface area contributed by atoms with Gasteiger partial charge in [-0.3, -0.25) is 4.79 Å². The van der Waals surface area contributed by atoms with Crippen LogP contribution in [0.4, 0.5) is 5.13 Å². The predicted molar refractivity (Wildman–Crippen MR) is 130 cm³/mol. The van der Waals surface area contributed by atoms with Crippen LogP contribution in [0.25, 0.3) is 10.2 Å². The second-order valence-electron chi connectivity index (χ2n) is 7.87. The molecule has 162 valence electrons. The molecule has 6 heteroatoms. The van der Waals surface area contributed by atoms with Crippen LogP contribution in [-0.2, 0) is 4.79 Å². The molecule has 32 heavy (non-hydrogen) atoms. The van der Waals surface area contributed by atoms with Gasteiger partial charge in [0.05, 0.1) is 17.7 Å². The number of rotatable bonds is 5. The number of hydrogen-bond donors (Lipinski definition) is 0. The van der Waals surface area contributed by atoms with Crippen LogP contribution in [0.3, 0.4) is 0 Å². The van der Waals surface area contributed by atoms with Gasteiger partial charge < -0.3 is 14.5 Å². The highest BCUT2D eigenvalue weighted by atomic mass is 32.1. The fraction of sp³-hybridized carbons (Fsp3) is 0.231. The van der Waals surface area contributed by atoms with E-state index in [1.165, 1.54) is 0 Å². The Morgan fingerprint density at radius 3 is 2.09 bits per heavy atom. The van der Waals surface area contributed by atoms with Crippen LogP contribution in [-0.4, -0.2) is 49.1 Å². The smallest absolute Gasteiger partial charge is 0.234 e. The van der Waals surface area contributed by atoms with Crippen molar-refractivity contribution in [3.05, 3.63) is 90.0 Å². The molecule has 1 fully saturated rings. The van der Waals surface area contributed by atoms with E-state index in [-0.39, 0.29) is 11.8 Å². The molecule has 0 aliphatic carbocycles. The summed E-state index contributed by atoms with van der Waals surface area (Å²) in [6, 6.07) is 26.1. The summed E-state index contributed by atoms with van der Waals surface area (Å²) in [5.41, 5.74) is 2.97. The summed E-state index contributed by atoms with van der Waals surface area (Å²) in [5.74, 6) is 0.677. The van der Waals surface area contributed by atoms with E-state index in [9.17, 15) is 4.79 Å². The molecule has 0 N–H and O–H groups in total. The molecule has 0 bridgehead atoms. The van der Waals surface area contributed by atoms with Crippen LogP contribution in [0.2, 0.25) is 0 Å². The van der Waals surface area contributed by atoms with Crippen LogP contribution in [0.15, 0.2) is 78.9 Å². The second kappa shape index (κ2) is 9.01. The zero-order valence-corrected chi connectivity index (χ0v) is 18.8. The van der Waals surface area contributed by atoms with Crippen LogP contribution in [0.1, 0.15) is 17.0 Å². The summed E-state index contributed by atoms with van der Waals surface area (Å²) < 4.78 is 6.58. The standard InChI is InChI=1S/C26H25N3O2S/c1-31-21-13-8-14-22-24(21)27-26(32-22)29-17-15-28(16-18-29)25(30)23(19-9-4-2-5-10-19)20-11-6-3-7-12-20/h2-14,23H,15-18H2,1H3. The van der Waals surface area contributed by atoms with E-state index < -0.39 is 0 Å². The van der Waals surface area contributed by atoms with Gasteiger partial charge in [0.1, 0.15) is 11.3 Å². The minimum atomic E-state index is -0.282. The Morgan fingerprint density at radius 2 is 1.50 bits per heavy atom. The summed E-state index contributed by atoms with van der Waals surface area (Å²) in [5, 5.41) is 0.985. The van der Waals surface area contributed by atoms with Crippen molar-refractivity contribution in [1.82, 2.24) is 9.88 Å². The van der Waals surface area contributed by atoms with Crippen molar-refractivity contribution in [2.75, 3.05) is 38.2 Å². The lowest BCUT2D eigenvalue weighted by Crippen LogP contribution is -2.50. The van der Waals surface area contributed by atoms with E-state index in [1.807, 2.05) is 77.7 Å². The Bertz CT molecular complexity index is 1160. The van der Waals surface area contributed by atoms with Crippen molar-refractivity contribution >= 4 is 32.6 Å². The van der Waals surface area contributed by atoms with Crippen molar-refractivity contribution in [2.45, 2.75) is 5.92 Å². The highest BCUT2D eigenvalue weighted by molar-refractivity contribution is 7.22. The third-order valence-corrected chi connectivity index (χ3v) is 7.05. The highest BCUT2D eigenvalue weighted by Gasteiger charge is 2.30. The fourth-order valence-electron chi connectivity index (χ4n) is 4.28. The molecule has 1 amide bonds. The second-order valence-corrected chi connectivity index (χ2v) is 8.88. The molecule has 5 nitrogen and oxygen atoms in total. The predicted octanol–water partition coefficient (Wildman–Crippen LogP) is 4.79. The SMILES string of the molecule is COc1cccc2sc(N3CCN(C(=O)C(c4ccccc4)c4ccccc4)CC3)nc12. The molecule has 0 spiro atoms. The number of benzene rings is 3. The summed E-state index contributed by atoms with van der Waals surface area (Å²) in [6.07, 6.45) is 0. The number of carbonyl (C=O) groups is 1. The van der Waals surface area contributed by atoms with Gasteiger partial charge in [0.2, 0.25) is 5.91 Å². The van der Waals surface area contributed by atoms with Crippen LogP contribution in [0, 0.1) is 0 Å².